The second-order valence-corrected chi connectivity index (χ2v) is 4.00. The fraction of sp³-hybridized carbons (Fsp3) is 0.545. The largest absolute Gasteiger partial charge is 0.454 e. The van der Waals surface area contributed by atoms with Gasteiger partial charge in [0.25, 0.3) is 0 Å². The molecule has 1 heterocycles. The second-order valence-electron chi connectivity index (χ2n) is 4.00. The Bertz CT molecular complexity index is 301. The van der Waals surface area contributed by atoms with Crippen molar-refractivity contribution in [3.8, 4) is 0 Å². The Labute approximate surface area is 78.3 Å². The van der Waals surface area contributed by atoms with E-state index in [2.05, 4.69) is 19.6 Å². The molecule has 70 valence electrons. The molecule has 2 aliphatic rings. The third kappa shape index (κ3) is 1.30. The maximum atomic E-state index is 11.1. The molecular weight excluding hydrogens is 164 g/mol. The molecule has 1 aliphatic heterocycles. The lowest BCUT2D eigenvalue weighted by Gasteiger charge is -2.31. The van der Waals surface area contributed by atoms with Crippen LogP contribution in [0.2, 0.25) is 0 Å². The first kappa shape index (κ1) is 8.54. The summed E-state index contributed by atoms with van der Waals surface area (Å²) in [5.74, 6) is -0.113. The van der Waals surface area contributed by atoms with E-state index in [1.807, 2.05) is 0 Å². The van der Waals surface area contributed by atoms with Crippen molar-refractivity contribution in [2.75, 3.05) is 0 Å². The summed E-state index contributed by atoms with van der Waals surface area (Å²) in [4.78, 5) is 11.1. The van der Waals surface area contributed by atoms with E-state index >= 15 is 0 Å². The normalized spacial score (nSPS) is 33.5. The lowest BCUT2D eigenvalue weighted by Crippen LogP contribution is -2.31. The van der Waals surface area contributed by atoms with E-state index in [0.29, 0.717) is 6.42 Å². The zero-order valence-corrected chi connectivity index (χ0v) is 7.93. The van der Waals surface area contributed by atoms with Crippen molar-refractivity contribution in [1.29, 1.82) is 0 Å². The molecule has 0 aromatic carbocycles. The van der Waals surface area contributed by atoms with Crippen LogP contribution in [0.15, 0.2) is 23.8 Å². The Hall–Kier alpha value is -1.05. The smallest absolute Gasteiger partial charge is 0.310 e. The zero-order valence-electron chi connectivity index (χ0n) is 7.93. The summed E-state index contributed by atoms with van der Waals surface area (Å²) < 4.78 is 5.37. The molecule has 1 atom stereocenters. The van der Waals surface area contributed by atoms with Gasteiger partial charge in [-0.15, -0.1) is 0 Å². The molecule has 1 spiro atoms. The lowest BCUT2D eigenvalue weighted by molar-refractivity contribution is -0.148. The number of rotatable bonds is 0. The highest BCUT2D eigenvalue weighted by Gasteiger charge is 2.43. The van der Waals surface area contributed by atoms with Crippen LogP contribution in [0.25, 0.3) is 0 Å². The van der Waals surface area contributed by atoms with Crippen molar-refractivity contribution in [2.24, 2.45) is 0 Å². The second kappa shape index (κ2) is 2.72. The Morgan fingerprint density at radius 1 is 1.62 bits per heavy atom. The van der Waals surface area contributed by atoms with Gasteiger partial charge in [-0.3, -0.25) is 4.79 Å². The number of allylic oxidation sites excluding steroid dienone is 1. The molecule has 2 rings (SSSR count). The molecule has 0 amide bonds. The van der Waals surface area contributed by atoms with Crippen LogP contribution in [0.4, 0.5) is 0 Å². The molecule has 0 aromatic heterocycles. The summed E-state index contributed by atoms with van der Waals surface area (Å²) in [6, 6.07) is 0. The topological polar surface area (TPSA) is 26.3 Å². The van der Waals surface area contributed by atoms with E-state index in [4.69, 9.17) is 4.74 Å². The van der Waals surface area contributed by atoms with Gasteiger partial charge < -0.3 is 4.74 Å². The molecule has 2 nitrogen and oxygen atoms in total. The summed E-state index contributed by atoms with van der Waals surface area (Å²) in [6.07, 6.45) is 5.33. The van der Waals surface area contributed by atoms with Crippen LogP contribution in [0.5, 0.6) is 0 Å². The molecule has 0 unspecified atom stereocenters. The van der Waals surface area contributed by atoms with Crippen molar-refractivity contribution >= 4 is 5.97 Å². The molecular formula is C11H14O2. The molecule has 0 aromatic rings. The van der Waals surface area contributed by atoms with Gasteiger partial charge in [0.15, 0.2) is 0 Å². The van der Waals surface area contributed by atoms with Crippen LogP contribution in [0.1, 0.15) is 32.6 Å². The van der Waals surface area contributed by atoms with E-state index in [9.17, 15) is 4.79 Å². The number of carbonyl (C=O) groups excluding carboxylic acids is 1. The highest BCUT2D eigenvalue weighted by Crippen LogP contribution is 2.41. The van der Waals surface area contributed by atoms with E-state index < -0.39 is 0 Å². The molecule has 0 saturated carbocycles. The lowest BCUT2D eigenvalue weighted by atomic mass is 9.81. The minimum absolute atomic E-state index is 0.113. The molecule has 0 radical (unpaired) electrons. The quantitative estimate of drug-likeness (QED) is 0.420. The Kier molecular flexibility index (Phi) is 1.79. The standard InChI is InChI=1S/C11H14O2/c1-8-3-5-11(6-4-8)9(2)7-10(12)13-11/h3H,2,4-7H2,1H3/t11-/m0/s1. The van der Waals surface area contributed by atoms with Crippen molar-refractivity contribution in [3.63, 3.8) is 0 Å². The molecule has 13 heavy (non-hydrogen) atoms. The molecule has 0 N–H and O–H groups in total. The summed E-state index contributed by atoms with van der Waals surface area (Å²) in [7, 11) is 0. The molecule has 1 aliphatic carbocycles. The Morgan fingerprint density at radius 3 is 2.85 bits per heavy atom. The minimum atomic E-state index is -0.337. The van der Waals surface area contributed by atoms with Gasteiger partial charge in [0.05, 0.1) is 6.42 Å². The first-order chi connectivity index (χ1) is 6.12. The van der Waals surface area contributed by atoms with Gasteiger partial charge in [0.2, 0.25) is 0 Å². The number of ether oxygens (including phenoxy) is 1. The van der Waals surface area contributed by atoms with E-state index in [-0.39, 0.29) is 11.6 Å². The van der Waals surface area contributed by atoms with Crippen molar-refractivity contribution in [3.05, 3.63) is 23.8 Å². The van der Waals surface area contributed by atoms with Gasteiger partial charge >= 0.3 is 5.97 Å². The van der Waals surface area contributed by atoms with Gasteiger partial charge in [-0.1, -0.05) is 18.2 Å². The molecule has 0 bridgehead atoms. The summed E-state index contributed by atoms with van der Waals surface area (Å²) in [6.45, 7) is 6.05. The zero-order chi connectivity index (χ0) is 9.47. The number of esters is 1. The van der Waals surface area contributed by atoms with Gasteiger partial charge in [-0.25, -0.2) is 0 Å². The van der Waals surface area contributed by atoms with Crippen LogP contribution >= 0.6 is 0 Å². The van der Waals surface area contributed by atoms with Crippen LogP contribution in [-0.2, 0) is 9.53 Å². The monoisotopic (exact) mass is 178 g/mol. The SMILES string of the molecule is C=C1CC(=O)O[C@]12CC=C(C)CC2. The number of hydrogen-bond donors (Lipinski definition) is 0. The third-order valence-corrected chi connectivity index (χ3v) is 3.01. The predicted molar refractivity (Wildman–Crippen MR) is 50.2 cm³/mol. The van der Waals surface area contributed by atoms with Crippen LogP contribution < -0.4 is 0 Å². The van der Waals surface area contributed by atoms with Crippen LogP contribution in [-0.4, -0.2) is 11.6 Å². The average Bonchev–Trinajstić information content (AvgIpc) is 2.34. The maximum absolute atomic E-state index is 11.1. The van der Waals surface area contributed by atoms with E-state index in [0.717, 1.165) is 24.8 Å². The maximum Gasteiger partial charge on any atom is 0.310 e. The fourth-order valence-electron chi connectivity index (χ4n) is 2.02. The highest BCUT2D eigenvalue weighted by atomic mass is 16.6. The fourth-order valence-corrected chi connectivity index (χ4v) is 2.02. The molecule has 2 heteroatoms. The third-order valence-electron chi connectivity index (χ3n) is 3.01. The summed E-state index contributed by atoms with van der Waals surface area (Å²) in [5.41, 5.74) is 2.01. The van der Waals surface area contributed by atoms with Crippen molar-refractivity contribution in [1.82, 2.24) is 0 Å². The Balaban J connectivity index is 2.23. The van der Waals surface area contributed by atoms with Crippen LogP contribution in [0.3, 0.4) is 0 Å². The minimum Gasteiger partial charge on any atom is -0.454 e. The van der Waals surface area contributed by atoms with Crippen LogP contribution in [0, 0.1) is 0 Å². The molecule has 1 saturated heterocycles. The first-order valence-electron chi connectivity index (χ1n) is 4.68. The Morgan fingerprint density at radius 2 is 2.38 bits per heavy atom. The summed E-state index contributed by atoms with van der Waals surface area (Å²) in [5, 5.41) is 0. The van der Waals surface area contributed by atoms with E-state index in [1.54, 1.807) is 0 Å². The van der Waals surface area contributed by atoms with Gasteiger partial charge in [-0.2, -0.15) is 0 Å². The van der Waals surface area contributed by atoms with Gasteiger partial charge in [-0.05, 0) is 25.3 Å². The highest BCUT2D eigenvalue weighted by molar-refractivity contribution is 5.77. The van der Waals surface area contributed by atoms with Gasteiger partial charge in [0.1, 0.15) is 5.60 Å². The first-order valence-corrected chi connectivity index (χ1v) is 4.68. The molecule has 1 fully saturated rings. The van der Waals surface area contributed by atoms with E-state index in [1.165, 1.54) is 5.57 Å². The number of carbonyl (C=O) groups is 1. The average molecular weight is 178 g/mol. The number of hydrogen-bond acceptors (Lipinski definition) is 2. The van der Waals surface area contributed by atoms with Crippen molar-refractivity contribution < 1.29 is 9.53 Å². The van der Waals surface area contributed by atoms with Crippen molar-refractivity contribution in [2.45, 2.75) is 38.2 Å². The van der Waals surface area contributed by atoms with Gasteiger partial charge in [0, 0.05) is 6.42 Å². The predicted octanol–water partition coefficient (Wildman–Crippen LogP) is 2.36. The summed E-state index contributed by atoms with van der Waals surface area (Å²) >= 11 is 0.